The first-order valence-corrected chi connectivity index (χ1v) is 18.3. The molecule has 17 atom stereocenters. The van der Waals surface area contributed by atoms with Gasteiger partial charge < -0.3 is 63.9 Å². The summed E-state index contributed by atoms with van der Waals surface area (Å²) in [5, 5.41) is 66.2. The predicted octanol–water partition coefficient (Wildman–Crippen LogP) is 0.258. The molecule has 3 aliphatic heterocycles. The fourth-order valence-corrected chi connectivity index (χ4v) is 11.6. The summed E-state index contributed by atoms with van der Waals surface area (Å²) in [5.74, 6) is -0.834. The number of methoxy groups -OCH3 is 1. The summed E-state index contributed by atoms with van der Waals surface area (Å²) in [5.41, 5.74) is -3.34. The maximum Gasteiger partial charge on any atom is 0.331 e. The zero-order valence-corrected chi connectivity index (χ0v) is 29.1. The van der Waals surface area contributed by atoms with Crippen molar-refractivity contribution in [1.29, 1.82) is 0 Å². The maximum atomic E-state index is 13.4. The Balaban J connectivity index is 1.11. The van der Waals surface area contributed by atoms with Gasteiger partial charge >= 0.3 is 5.97 Å². The van der Waals surface area contributed by atoms with Crippen LogP contribution in [0.3, 0.4) is 0 Å². The summed E-state index contributed by atoms with van der Waals surface area (Å²) in [7, 11) is 1.46. The first-order valence-electron chi connectivity index (χ1n) is 18.3. The van der Waals surface area contributed by atoms with Gasteiger partial charge in [-0.3, -0.25) is 0 Å². The number of esters is 1. The smallest absolute Gasteiger partial charge is 0.331 e. The van der Waals surface area contributed by atoms with Gasteiger partial charge in [0.1, 0.15) is 49.0 Å². The van der Waals surface area contributed by atoms with Gasteiger partial charge in [-0.25, -0.2) is 4.79 Å². The van der Waals surface area contributed by atoms with Gasteiger partial charge in [-0.1, -0.05) is 6.92 Å². The van der Waals surface area contributed by atoms with E-state index in [4.69, 9.17) is 28.4 Å². The van der Waals surface area contributed by atoms with Gasteiger partial charge in [0.05, 0.1) is 35.9 Å². The number of carbonyl (C=O) groups is 2. The van der Waals surface area contributed by atoms with Crippen LogP contribution in [0.25, 0.3) is 0 Å². The molecular weight excluding hydrogens is 656 g/mol. The molecule has 6 fully saturated rings. The Morgan fingerprint density at radius 3 is 2.34 bits per heavy atom. The minimum atomic E-state index is -1.61. The van der Waals surface area contributed by atoms with Crippen LogP contribution in [0.5, 0.6) is 0 Å². The molecule has 0 aromatic carbocycles. The van der Waals surface area contributed by atoms with Gasteiger partial charge in [-0.2, -0.15) is 0 Å². The highest BCUT2D eigenvalue weighted by molar-refractivity contribution is 5.85. The molecule has 50 heavy (non-hydrogen) atoms. The van der Waals surface area contributed by atoms with Crippen molar-refractivity contribution in [3.63, 3.8) is 0 Å². The van der Waals surface area contributed by atoms with Crippen LogP contribution in [0, 0.1) is 28.6 Å². The first-order chi connectivity index (χ1) is 23.8. The second-order valence-corrected chi connectivity index (χ2v) is 16.3. The number of ether oxygens (including phenoxy) is 6. The molecule has 2 saturated heterocycles. The SMILES string of the molecule is CO[C@H]1[C@H](O[C@H]2CCC[C@]3(C=O)[C@H]4CC[C@]5(C)[C@@H](C6=CC(=O)OC6)CC[C@]5(O)[C@@H]4CC[C@]23O)O[C@H](C)C[C@@H]1O[C@@H]1O[C@H](CO)[C@@H](O)[C@H](O)[C@H]1O. The number of aliphatic hydroxyl groups excluding tert-OH is 4. The standard InChI is InChI=1S/C36H54O14/c1-18-13-23(48-31-29(42)28(41)27(40)24(15-37)49-31)30(45-3)32(47-18)50-25-5-4-9-34(17-38)21-6-10-33(2)20(19-14-26(39)46-16-19)7-11-35(33,43)22(21)8-12-36(25,34)44/h14,17-18,20-25,27-32,37,40-44H,4-13,15-16H2,1-3H3/t18-,20-,21+,22-,23+,24-,25+,27-,28+,29-,30-,31-,32+,33-,34+,35+,36+/m1/s1. The molecule has 0 amide bonds. The van der Waals surface area contributed by atoms with E-state index in [0.717, 1.165) is 18.3 Å². The van der Waals surface area contributed by atoms with Crippen LogP contribution >= 0.6 is 0 Å². The van der Waals surface area contributed by atoms with E-state index < -0.39 is 90.1 Å². The lowest BCUT2D eigenvalue weighted by Gasteiger charge is -2.66. The lowest BCUT2D eigenvalue weighted by Crippen LogP contribution is -2.72. The third-order valence-corrected chi connectivity index (χ3v) is 14.2. The number of cyclic esters (lactones) is 1. The maximum absolute atomic E-state index is 13.4. The number of fused-ring (bicyclic) bond motifs is 5. The molecule has 3 heterocycles. The van der Waals surface area contributed by atoms with Crippen molar-refractivity contribution in [2.75, 3.05) is 20.3 Å². The quantitative estimate of drug-likeness (QED) is 0.148. The zero-order chi connectivity index (χ0) is 35.8. The zero-order valence-electron chi connectivity index (χ0n) is 29.1. The number of rotatable bonds is 8. The molecule has 4 saturated carbocycles. The highest BCUT2D eigenvalue weighted by Crippen LogP contribution is 2.70. The lowest BCUT2D eigenvalue weighted by molar-refractivity contribution is -0.358. The lowest BCUT2D eigenvalue weighted by atomic mass is 9.41. The highest BCUT2D eigenvalue weighted by Gasteiger charge is 2.73. The summed E-state index contributed by atoms with van der Waals surface area (Å²) >= 11 is 0. The second-order valence-electron chi connectivity index (χ2n) is 16.3. The minimum Gasteiger partial charge on any atom is -0.458 e. The van der Waals surface area contributed by atoms with Gasteiger partial charge in [-0.15, -0.1) is 0 Å². The first kappa shape index (κ1) is 36.8. The normalized spacial score (nSPS) is 53.5. The second kappa shape index (κ2) is 13.4. The summed E-state index contributed by atoms with van der Waals surface area (Å²) in [4.78, 5) is 25.4. The molecule has 4 aliphatic carbocycles. The summed E-state index contributed by atoms with van der Waals surface area (Å²) in [6.07, 6.45) is -3.47. The van der Waals surface area contributed by atoms with Gasteiger partial charge in [0.15, 0.2) is 12.6 Å². The Morgan fingerprint density at radius 1 is 0.920 bits per heavy atom. The molecule has 0 unspecified atom stereocenters. The van der Waals surface area contributed by atoms with Crippen LogP contribution in [0.2, 0.25) is 0 Å². The van der Waals surface area contributed by atoms with Crippen LogP contribution in [-0.4, -0.2) is 136 Å². The van der Waals surface area contributed by atoms with E-state index in [1.54, 1.807) is 6.08 Å². The average molecular weight is 711 g/mol. The Bertz CT molecular complexity index is 1330. The van der Waals surface area contributed by atoms with E-state index in [-0.39, 0.29) is 36.8 Å². The van der Waals surface area contributed by atoms with Crippen LogP contribution in [0.4, 0.5) is 0 Å². The molecule has 7 rings (SSSR count). The molecule has 14 nitrogen and oxygen atoms in total. The van der Waals surface area contributed by atoms with Crippen LogP contribution in [0.1, 0.15) is 78.1 Å². The van der Waals surface area contributed by atoms with E-state index in [1.807, 2.05) is 6.92 Å². The topological polar surface area (TPSA) is 211 Å². The molecule has 7 aliphatic rings. The van der Waals surface area contributed by atoms with Gasteiger partial charge in [0.25, 0.3) is 0 Å². The minimum absolute atomic E-state index is 0.00453. The van der Waals surface area contributed by atoms with Gasteiger partial charge in [0, 0.05) is 25.0 Å². The third kappa shape index (κ3) is 5.39. The third-order valence-electron chi connectivity index (χ3n) is 14.2. The van der Waals surface area contributed by atoms with Crippen molar-refractivity contribution >= 4 is 12.3 Å². The molecule has 0 spiro atoms. The number of hydrogen-bond donors (Lipinski definition) is 6. The van der Waals surface area contributed by atoms with Crippen molar-refractivity contribution < 1.29 is 68.6 Å². The molecule has 0 radical (unpaired) electrons. The molecule has 0 aromatic rings. The summed E-state index contributed by atoms with van der Waals surface area (Å²) < 4.78 is 35.7. The van der Waals surface area contributed by atoms with E-state index >= 15 is 0 Å². The predicted molar refractivity (Wildman–Crippen MR) is 171 cm³/mol. The van der Waals surface area contributed by atoms with Crippen molar-refractivity contribution in [3.05, 3.63) is 11.6 Å². The van der Waals surface area contributed by atoms with E-state index in [0.29, 0.717) is 51.4 Å². The Kier molecular flexibility index (Phi) is 9.84. The number of aliphatic hydroxyl groups is 6. The average Bonchev–Trinajstić information content (AvgIpc) is 3.64. The van der Waals surface area contributed by atoms with Crippen LogP contribution in [-0.2, 0) is 38.0 Å². The Hall–Kier alpha value is -1.56. The van der Waals surface area contributed by atoms with Crippen LogP contribution < -0.4 is 0 Å². The van der Waals surface area contributed by atoms with Crippen molar-refractivity contribution in [2.24, 2.45) is 28.6 Å². The van der Waals surface area contributed by atoms with E-state index in [9.17, 15) is 40.2 Å². The molecule has 14 heteroatoms. The fourth-order valence-electron chi connectivity index (χ4n) is 11.6. The number of hydrogen-bond acceptors (Lipinski definition) is 14. The molecule has 282 valence electrons. The van der Waals surface area contributed by atoms with Crippen LogP contribution in [0.15, 0.2) is 11.6 Å². The summed E-state index contributed by atoms with van der Waals surface area (Å²) in [6.45, 7) is 3.58. The number of aldehydes is 1. The molecule has 0 bridgehead atoms. The van der Waals surface area contributed by atoms with E-state index in [2.05, 4.69) is 6.92 Å². The Labute approximate surface area is 292 Å². The van der Waals surface area contributed by atoms with E-state index in [1.165, 1.54) is 7.11 Å². The molecular formula is C36H54O14. The largest absolute Gasteiger partial charge is 0.458 e. The number of carbonyl (C=O) groups excluding carboxylic acids is 2. The van der Waals surface area contributed by atoms with Crippen molar-refractivity contribution in [1.82, 2.24) is 0 Å². The van der Waals surface area contributed by atoms with Gasteiger partial charge in [-0.05, 0) is 88.0 Å². The summed E-state index contributed by atoms with van der Waals surface area (Å²) in [6, 6.07) is 0. The molecule has 6 N–H and O–H groups in total. The monoisotopic (exact) mass is 710 g/mol. The van der Waals surface area contributed by atoms with Crippen molar-refractivity contribution in [2.45, 2.75) is 151 Å². The van der Waals surface area contributed by atoms with Gasteiger partial charge in [0.2, 0.25) is 0 Å². The van der Waals surface area contributed by atoms with Crippen molar-refractivity contribution in [3.8, 4) is 0 Å². The molecule has 0 aromatic heterocycles. The Morgan fingerprint density at radius 2 is 1.66 bits per heavy atom. The highest BCUT2D eigenvalue weighted by atomic mass is 16.7. The fraction of sp³-hybridized carbons (Fsp3) is 0.889.